The average molecular weight is 287 g/mol. The Morgan fingerprint density at radius 2 is 1.71 bits per heavy atom. The molecule has 1 aromatic rings. The molecule has 0 fully saturated rings. The molecule has 0 spiro atoms. The average Bonchev–Trinajstić information content (AvgIpc) is 2.80. The largest absolute Gasteiger partial charge is 0.479 e. The van der Waals surface area contributed by atoms with Crippen LogP contribution in [0.3, 0.4) is 0 Å². The molecule has 0 saturated heterocycles. The van der Waals surface area contributed by atoms with Crippen molar-refractivity contribution in [2.24, 2.45) is 0 Å². The van der Waals surface area contributed by atoms with Crippen LogP contribution in [-0.2, 0) is 9.59 Å². The van der Waals surface area contributed by atoms with Crippen LogP contribution in [0.5, 0.6) is 0 Å². The molecule has 0 radical (unpaired) electrons. The fourth-order valence-corrected chi connectivity index (χ4v) is 2.88. The van der Waals surface area contributed by atoms with E-state index in [4.69, 9.17) is 0 Å². The summed E-state index contributed by atoms with van der Waals surface area (Å²) in [6.07, 6.45) is 2.62. The van der Waals surface area contributed by atoms with Gasteiger partial charge in [-0.05, 0) is 45.6 Å². The third-order valence-corrected chi connectivity index (χ3v) is 3.87. The molecule has 1 atom stereocenters. The molecule has 1 unspecified atom stereocenters. The molecule has 1 aliphatic carbocycles. The van der Waals surface area contributed by atoms with Gasteiger partial charge >= 0.3 is 5.97 Å². The number of benzene rings is 1. The molecule has 21 heavy (non-hydrogen) atoms. The van der Waals surface area contributed by atoms with E-state index in [2.05, 4.69) is 5.32 Å². The van der Waals surface area contributed by atoms with Gasteiger partial charge in [-0.3, -0.25) is 4.79 Å². The lowest BCUT2D eigenvalue weighted by Crippen LogP contribution is -2.34. The predicted octanol–water partition coefficient (Wildman–Crippen LogP) is 3.05. The van der Waals surface area contributed by atoms with Gasteiger partial charge in [0.25, 0.3) is 0 Å². The zero-order chi connectivity index (χ0) is 15.6. The van der Waals surface area contributed by atoms with E-state index in [0.717, 1.165) is 41.5 Å². The van der Waals surface area contributed by atoms with Gasteiger partial charge in [0.05, 0.1) is 0 Å². The van der Waals surface area contributed by atoms with Crippen LogP contribution >= 0.6 is 0 Å². The number of carboxylic acid groups (broad SMARTS) is 1. The number of carbonyl (C=O) groups is 2. The van der Waals surface area contributed by atoms with Gasteiger partial charge in [-0.15, -0.1) is 0 Å². The summed E-state index contributed by atoms with van der Waals surface area (Å²) in [6.45, 7) is 5.77. The highest BCUT2D eigenvalue weighted by Gasteiger charge is 2.26. The first-order valence-electron chi connectivity index (χ1n) is 7.19. The highest BCUT2D eigenvalue weighted by atomic mass is 16.4. The van der Waals surface area contributed by atoms with Crippen molar-refractivity contribution in [2.75, 3.05) is 0 Å². The predicted molar refractivity (Wildman–Crippen MR) is 81.0 cm³/mol. The molecule has 4 heteroatoms. The topological polar surface area (TPSA) is 66.4 Å². The summed E-state index contributed by atoms with van der Waals surface area (Å²) in [5, 5.41) is 12.1. The Morgan fingerprint density at radius 1 is 1.10 bits per heavy atom. The Kier molecular flexibility index (Phi) is 4.46. The number of hydrogen-bond donors (Lipinski definition) is 2. The highest BCUT2D eigenvalue weighted by molar-refractivity contribution is 5.97. The SMILES string of the molecule is CC1=C(C(=O)NC(C(=O)O)c2cc(C)cc(C)c2)CCC1. The molecule has 2 N–H and O–H groups in total. The van der Waals surface area contributed by atoms with Crippen molar-refractivity contribution in [3.63, 3.8) is 0 Å². The lowest BCUT2D eigenvalue weighted by atomic mass is 10.0. The number of amides is 1. The van der Waals surface area contributed by atoms with Crippen molar-refractivity contribution in [2.45, 2.75) is 46.1 Å². The number of allylic oxidation sites excluding steroid dienone is 1. The Hall–Kier alpha value is -2.10. The van der Waals surface area contributed by atoms with Gasteiger partial charge in [0.15, 0.2) is 6.04 Å². The Morgan fingerprint density at radius 3 is 2.19 bits per heavy atom. The van der Waals surface area contributed by atoms with Crippen LogP contribution in [-0.4, -0.2) is 17.0 Å². The molecule has 0 bridgehead atoms. The monoisotopic (exact) mass is 287 g/mol. The molecule has 2 rings (SSSR count). The van der Waals surface area contributed by atoms with Gasteiger partial charge in [-0.25, -0.2) is 4.79 Å². The van der Waals surface area contributed by atoms with Gasteiger partial charge in [0.1, 0.15) is 0 Å². The van der Waals surface area contributed by atoms with E-state index in [9.17, 15) is 14.7 Å². The number of carbonyl (C=O) groups excluding carboxylic acids is 1. The quantitative estimate of drug-likeness (QED) is 0.894. The van der Waals surface area contributed by atoms with Gasteiger partial charge in [-0.2, -0.15) is 0 Å². The van der Waals surface area contributed by atoms with Crippen LogP contribution in [0.15, 0.2) is 29.3 Å². The minimum Gasteiger partial charge on any atom is -0.479 e. The second-order valence-corrected chi connectivity index (χ2v) is 5.78. The van der Waals surface area contributed by atoms with E-state index in [1.165, 1.54) is 0 Å². The fourth-order valence-electron chi connectivity index (χ4n) is 2.88. The summed E-state index contributed by atoms with van der Waals surface area (Å²) in [6, 6.07) is 4.59. The maximum atomic E-state index is 12.3. The lowest BCUT2D eigenvalue weighted by molar-refractivity contribution is -0.141. The molecule has 1 aliphatic rings. The second-order valence-electron chi connectivity index (χ2n) is 5.78. The summed E-state index contributed by atoms with van der Waals surface area (Å²) < 4.78 is 0. The van der Waals surface area contributed by atoms with Crippen LogP contribution in [0.4, 0.5) is 0 Å². The maximum Gasteiger partial charge on any atom is 0.330 e. The third kappa shape index (κ3) is 3.51. The maximum absolute atomic E-state index is 12.3. The molecular formula is C17H21NO3. The summed E-state index contributed by atoms with van der Waals surface area (Å²) in [7, 11) is 0. The first kappa shape index (κ1) is 15.3. The molecule has 1 aromatic carbocycles. The summed E-state index contributed by atoms with van der Waals surface area (Å²) >= 11 is 0. The van der Waals surface area contributed by atoms with Crippen molar-refractivity contribution >= 4 is 11.9 Å². The van der Waals surface area contributed by atoms with Crippen molar-refractivity contribution in [1.29, 1.82) is 0 Å². The van der Waals surface area contributed by atoms with E-state index >= 15 is 0 Å². The Labute approximate surface area is 124 Å². The standard InChI is InChI=1S/C17H21NO3/c1-10-7-11(2)9-13(8-10)15(17(20)21)18-16(19)14-6-4-5-12(14)3/h7-9,15H,4-6H2,1-3H3,(H,18,19)(H,20,21). The number of carboxylic acids is 1. The number of hydrogen-bond acceptors (Lipinski definition) is 2. The van der Waals surface area contributed by atoms with E-state index in [0.29, 0.717) is 5.56 Å². The van der Waals surface area contributed by atoms with Gasteiger partial charge in [0, 0.05) is 5.57 Å². The molecule has 0 heterocycles. The van der Waals surface area contributed by atoms with Crippen LogP contribution < -0.4 is 5.32 Å². The zero-order valence-corrected chi connectivity index (χ0v) is 12.7. The second kappa shape index (κ2) is 6.12. The first-order chi connectivity index (χ1) is 9.88. The van der Waals surface area contributed by atoms with Gasteiger partial charge in [-0.1, -0.05) is 34.9 Å². The van der Waals surface area contributed by atoms with Crippen LogP contribution in [0, 0.1) is 13.8 Å². The zero-order valence-electron chi connectivity index (χ0n) is 12.7. The first-order valence-corrected chi connectivity index (χ1v) is 7.19. The van der Waals surface area contributed by atoms with Crippen molar-refractivity contribution in [3.05, 3.63) is 46.0 Å². The Balaban J connectivity index is 2.26. The van der Waals surface area contributed by atoms with E-state index in [1.807, 2.05) is 39.0 Å². The smallest absolute Gasteiger partial charge is 0.330 e. The fraction of sp³-hybridized carbons (Fsp3) is 0.412. The van der Waals surface area contributed by atoms with Gasteiger partial charge in [0.2, 0.25) is 5.91 Å². The molecule has 112 valence electrons. The van der Waals surface area contributed by atoms with E-state index < -0.39 is 12.0 Å². The van der Waals surface area contributed by atoms with Gasteiger partial charge < -0.3 is 10.4 Å². The number of aryl methyl sites for hydroxylation is 2. The molecule has 1 amide bonds. The third-order valence-electron chi connectivity index (χ3n) is 3.87. The van der Waals surface area contributed by atoms with E-state index in [-0.39, 0.29) is 5.91 Å². The molecule has 0 aromatic heterocycles. The van der Waals surface area contributed by atoms with Crippen LogP contribution in [0.1, 0.15) is 48.9 Å². The van der Waals surface area contributed by atoms with Crippen LogP contribution in [0.25, 0.3) is 0 Å². The lowest BCUT2D eigenvalue weighted by Gasteiger charge is -2.17. The van der Waals surface area contributed by atoms with Crippen molar-refractivity contribution in [1.82, 2.24) is 5.32 Å². The minimum absolute atomic E-state index is 0.253. The van der Waals surface area contributed by atoms with Crippen molar-refractivity contribution in [3.8, 4) is 0 Å². The molecule has 0 saturated carbocycles. The number of nitrogens with one attached hydrogen (secondary N) is 1. The highest BCUT2D eigenvalue weighted by Crippen LogP contribution is 2.26. The normalized spacial score (nSPS) is 16.0. The minimum atomic E-state index is -1.04. The summed E-state index contributed by atoms with van der Waals surface area (Å²) in [5.74, 6) is -1.29. The summed E-state index contributed by atoms with van der Waals surface area (Å²) in [4.78, 5) is 23.8. The summed E-state index contributed by atoms with van der Waals surface area (Å²) in [5.41, 5.74) is 4.40. The molecular weight excluding hydrogens is 266 g/mol. The van der Waals surface area contributed by atoms with Crippen LogP contribution in [0.2, 0.25) is 0 Å². The van der Waals surface area contributed by atoms with Crippen molar-refractivity contribution < 1.29 is 14.7 Å². The van der Waals surface area contributed by atoms with E-state index in [1.54, 1.807) is 0 Å². The Bertz CT molecular complexity index is 596. The number of rotatable bonds is 4. The molecule has 4 nitrogen and oxygen atoms in total. The number of aliphatic carboxylic acids is 1. The molecule has 0 aliphatic heterocycles.